The zero-order chi connectivity index (χ0) is 9.19. The third-order valence-electron chi connectivity index (χ3n) is 2.56. The number of hydrogen-bond donors (Lipinski definition) is 3. The number of carboxylic acid groups (broad SMARTS) is 1. The monoisotopic (exact) mass is 173 g/mol. The number of aliphatic carboxylic acids is 1. The molecule has 0 radical (unpaired) electrons. The first-order valence-electron chi connectivity index (χ1n) is 4.19. The summed E-state index contributed by atoms with van der Waals surface area (Å²) >= 11 is 0. The number of aliphatic hydroxyl groups is 1. The highest BCUT2D eigenvalue weighted by Crippen LogP contribution is 2.27. The predicted molar refractivity (Wildman–Crippen MR) is 43.9 cm³/mol. The van der Waals surface area contributed by atoms with Gasteiger partial charge in [-0.05, 0) is 18.9 Å². The summed E-state index contributed by atoms with van der Waals surface area (Å²) in [6.45, 7) is 3.27. The van der Waals surface area contributed by atoms with E-state index >= 15 is 0 Å². The molecule has 0 aromatic rings. The van der Waals surface area contributed by atoms with Crippen molar-refractivity contribution in [3.63, 3.8) is 0 Å². The summed E-state index contributed by atoms with van der Waals surface area (Å²) in [6, 6.07) is 0. The van der Waals surface area contributed by atoms with Crippen LogP contribution in [0.2, 0.25) is 0 Å². The Morgan fingerprint density at radius 3 is 2.92 bits per heavy atom. The van der Waals surface area contributed by atoms with Gasteiger partial charge in [0.15, 0.2) is 0 Å². The van der Waals surface area contributed by atoms with Crippen LogP contribution in [0.4, 0.5) is 0 Å². The van der Waals surface area contributed by atoms with Crippen LogP contribution >= 0.6 is 0 Å². The van der Waals surface area contributed by atoms with Gasteiger partial charge in [-0.2, -0.15) is 0 Å². The molecule has 2 atom stereocenters. The van der Waals surface area contributed by atoms with Gasteiger partial charge in [0.2, 0.25) is 0 Å². The summed E-state index contributed by atoms with van der Waals surface area (Å²) < 4.78 is 0. The van der Waals surface area contributed by atoms with Gasteiger partial charge < -0.3 is 15.5 Å². The maximum Gasteiger partial charge on any atom is 0.306 e. The predicted octanol–water partition coefficient (Wildman–Crippen LogP) is -0.178. The molecule has 1 heterocycles. The van der Waals surface area contributed by atoms with Crippen LogP contribution in [-0.4, -0.2) is 34.9 Å². The maximum absolute atomic E-state index is 10.4. The van der Waals surface area contributed by atoms with E-state index in [0.29, 0.717) is 19.5 Å². The molecule has 1 aliphatic heterocycles. The molecule has 1 fully saturated rings. The van der Waals surface area contributed by atoms with Crippen molar-refractivity contribution in [1.29, 1.82) is 0 Å². The Kier molecular flexibility index (Phi) is 2.69. The summed E-state index contributed by atoms with van der Waals surface area (Å²) in [5.74, 6) is -0.909. The molecule has 1 saturated heterocycles. The number of carboxylic acids is 1. The van der Waals surface area contributed by atoms with Crippen LogP contribution in [-0.2, 0) is 4.79 Å². The van der Waals surface area contributed by atoms with Gasteiger partial charge in [0.25, 0.3) is 0 Å². The van der Waals surface area contributed by atoms with Gasteiger partial charge >= 0.3 is 5.97 Å². The second kappa shape index (κ2) is 3.41. The van der Waals surface area contributed by atoms with E-state index in [4.69, 9.17) is 5.11 Å². The Morgan fingerprint density at radius 1 is 1.75 bits per heavy atom. The lowest BCUT2D eigenvalue weighted by atomic mass is 9.80. The van der Waals surface area contributed by atoms with Crippen LogP contribution in [0, 0.1) is 5.92 Å². The lowest BCUT2D eigenvalue weighted by molar-refractivity contribution is -0.146. The van der Waals surface area contributed by atoms with Crippen molar-refractivity contribution in [2.24, 2.45) is 5.92 Å². The lowest BCUT2D eigenvalue weighted by Gasteiger charge is -2.37. The van der Waals surface area contributed by atoms with Gasteiger partial charge in [0, 0.05) is 6.54 Å². The Bertz CT molecular complexity index is 183. The van der Waals surface area contributed by atoms with Gasteiger partial charge in [-0.15, -0.1) is 0 Å². The molecule has 0 aromatic carbocycles. The molecule has 0 spiro atoms. The largest absolute Gasteiger partial charge is 0.481 e. The molecule has 12 heavy (non-hydrogen) atoms. The van der Waals surface area contributed by atoms with E-state index in [1.54, 1.807) is 0 Å². The minimum atomic E-state index is -1.00. The standard InChI is InChI=1S/C8H15NO3/c1-6-5-9-3-2-8(6,12)4-7(10)11/h6,9,12H,2-5H2,1H3,(H,10,11). The Hall–Kier alpha value is -0.610. The van der Waals surface area contributed by atoms with Gasteiger partial charge in [-0.1, -0.05) is 6.92 Å². The average molecular weight is 173 g/mol. The van der Waals surface area contributed by atoms with Gasteiger partial charge in [0.05, 0.1) is 12.0 Å². The van der Waals surface area contributed by atoms with Crippen LogP contribution in [0.5, 0.6) is 0 Å². The first-order chi connectivity index (χ1) is 5.54. The minimum Gasteiger partial charge on any atom is -0.481 e. The number of nitrogens with one attached hydrogen (secondary N) is 1. The topological polar surface area (TPSA) is 69.6 Å². The van der Waals surface area contributed by atoms with E-state index in [-0.39, 0.29) is 12.3 Å². The molecule has 0 amide bonds. The van der Waals surface area contributed by atoms with Crippen molar-refractivity contribution in [3.05, 3.63) is 0 Å². The van der Waals surface area contributed by atoms with E-state index < -0.39 is 11.6 Å². The van der Waals surface area contributed by atoms with E-state index in [1.807, 2.05) is 6.92 Å². The molecular weight excluding hydrogens is 158 g/mol. The molecule has 0 bridgehead atoms. The Balaban J connectivity index is 2.59. The van der Waals surface area contributed by atoms with Crippen LogP contribution in [0.25, 0.3) is 0 Å². The molecule has 0 aliphatic carbocycles. The van der Waals surface area contributed by atoms with Gasteiger partial charge in [-0.25, -0.2) is 0 Å². The summed E-state index contributed by atoms with van der Waals surface area (Å²) in [4.78, 5) is 10.4. The Labute approximate surface area is 71.6 Å². The van der Waals surface area contributed by atoms with E-state index in [1.165, 1.54) is 0 Å². The number of hydrogen-bond acceptors (Lipinski definition) is 3. The van der Waals surface area contributed by atoms with Crippen LogP contribution in [0.3, 0.4) is 0 Å². The van der Waals surface area contributed by atoms with Gasteiger partial charge in [-0.3, -0.25) is 4.79 Å². The van der Waals surface area contributed by atoms with Crippen molar-refractivity contribution in [2.75, 3.05) is 13.1 Å². The lowest BCUT2D eigenvalue weighted by Crippen LogP contribution is -2.50. The molecule has 4 heteroatoms. The van der Waals surface area contributed by atoms with Crippen LogP contribution in [0.1, 0.15) is 19.8 Å². The molecule has 3 N–H and O–H groups in total. The highest BCUT2D eigenvalue weighted by molar-refractivity contribution is 5.68. The molecule has 1 rings (SSSR count). The third-order valence-corrected chi connectivity index (χ3v) is 2.56. The van der Waals surface area contributed by atoms with Crippen molar-refractivity contribution in [3.8, 4) is 0 Å². The van der Waals surface area contributed by atoms with Crippen molar-refractivity contribution in [2.45, 2.75) is 25.4 Å². The first kappa shape index (κ1) is 9.48. The SMILES string of the molecule is CC1CNCCC1(O)CC(=O)O. The first-order valence-corrected chi connectivity index (χ1v) is 4.19. The number of rotatable bonds is 2. The summed E-state index contributed by atoms with van der Waals surface area (Å²) in [7, 11) is 0. The Morgan fingerprint density at radius 2 is 2.42 bits per heavy atom. The van der Waals surface area contributed by atoms with Crippen molar-refractivity contribution < 1.29 is 15.0 Å². The highest BCUT2D eigenvalue weighted by Gasteiger charge is 2.37. The molecule has 0 saturated carbocycles. The zero-order valence-electron chi connectivity index (χ0n) is 7.21. The summed E-state index contributed by atoms with van der Waals surface area (Å²) in [5, 5.41) is 21.6. The van der Waals surface area contributed by atoms with E-state index in [2.05, 4.69) is 5.32 Å². The van der Waals surface area contributed by atoms with E-state index in [9.17, 15) is 9.90 Å². The van der Waals surface area contributed by atoms with Crippen molar-refractivity contribution in [1.82, 2.24) is 5.32 Å². The second-order valence-corrected chi connectivity index (χ2v) is 3.53. The number of piperidine rings is 1. The van der Waals surface area contributed by atoms with Crippen LogP contribution in [0.15, 0.2) is 0 Å². The highest BCUT2D eigenvalue weighted by atomic mass is 16.4. The van der Waals surface area contributed by atoms with Gasteiger partial charge in [0.1, 0.15) is 0 Å². The second-order valence-electron chi connectivity index (χ2n) is 3.53. The van der Waals surface area contributed by atoms with Crippen LogP contribution < -0.4 is 5.32 Å². The van der Waals surface area contributed by atoms with Crippen molar-refractivity contribution >= 4 is 5.97 Å². The molecule has 2 unspecified atom stereocenters. The molecule has 0 aromatic heterocycles. The normalized spacial score (nSPS) is 36.3. The summed E-state index contributed by atoms with van der Waals surface area (Å²) in [6.07, 6.45) is 0.385. The van der Waals surface area contributed by atoms with E-state index in [0.717, 1.165) is 0 Å². The smallest absolute Gasteiger partial charge is 0.306 e. The molecular formula is C8H15NO3. The molecule has 1 aliphatic rings. The minimum absolute atomic E-state index is 0.0161. The molecule has 4 nitrogen and oxygen atoms in total. The number of carbonyl (C=O) groups is 1. The quantitative estimate of drug-likeness (QED) is 0.542. The fraction of sp³-hybridized carbons (Fsp3) is 0.875. The average Bonchev–Trinajstić information content (AvgIpc) is 1.94. The maximum atomic E-state index is 10.4. The molecule has 70 valence electrons. The fourth-order valence-corrected chi connectivity index (χ4v) is 1.58. The summed E-state index contributed by atoms with van der Waals surface area (Å²) in [5.41, 5.74) is -1.00. The zero-order valence-corrected chi connectivity index (χ0v) is 7.21. The third kappa shape index (κ3) is 1.95. The fourth-order valence-electron chi connectivity index (χ4n) is 1.58.